The van der Waals surface area contributed by atoms with Crippen LogP contribution in [0.2, 0.25) is 0 Å². The van der Waals surface area contributed by atoms with E-state index in [0.717, 1.165) is 12.8 Å². The Morgan fingerprint density at radius 1 is 1.25 bits per heavy atom. The first-order valence-electron chi connectivity index (χ1n) is 7.88. The molecule has 2 aromatic heterocycles. The molecular weight excluding hydrogens is 330 g/mol. The Morgan fingerprint density at radius 3 is 2.58 bits per heavy atom. The van der Waals surface area contributed by atoms with Gasteiger partial charge in [-0.2, -0.15) is 9.40 Å². The van der Waals surface area contributed by atoms with Gasteiger partial charge in [0.2, 0.25) is 10.0 Å². The van der Waals surface area contributed by atoms with Crippen LogP contribution in [-0.4, -0.2) is 45.1 Å². The van der Waals surface area contributed by atoms with Crippen LogP contribution in [0.15, 0.2) is 34.6 Å². The number of aryl methyl sites for hydroxylation is 2. The summed E-state index contributed by atoms with van der Waals surface area (Å²) in [4.78, 5) is 16.3. The van der Waals surface area contributed by atoms with Crippen molar-refractivity contribution in [3.05, 3.63) is 40.8 Å². The van der Waals surface area contributed by atoms with Crippen molar-refractivity contribution in [2.24, 2.45) is 13.0 Å². The normalized spacial score (nSPS) is 17.2. The first-order chi connectivity index (χ1) is 11.4. The molecule has 1 fully saturated rings. The number of rotatable bonds is 4. The van der Waals surface area contributed by atoms with Crippen LogP contribution in [0.5, 0.6) is 0 Å². The third-order valence-electron chi connectivity index (χ3n) is 4.42. The third-order valence-corrected chi connectivity index (χ3v) is 6.27. The molecule has 3 rings (SSSR count). The highest BCUT2D eigenvalue weighted by atomic mass is 32.2. The van der Waals surface area contributed by atoms with Crippen molar-refractivity contribution in [3.8, 4) is 0 Å². The lowest BCUT2D eigenvalue weighted by Crippen LogP contribution is -2.40. The summed E-state index contributed by atoms with van der Waals surface area (Å²) in [5, 5.41) is 3.93. The summed E-state index contributed by atoms with van der Waals surface area (Å²) < 4.78 is 29.7. The zero-order chi connectivity index (χ0) is 17.3. The average molecular weight is 351 g/mol. The Hall–Kier alpha value is -2.00. The highest BCUT2D eigenvalue weighted by Gasteiger charge is 2.30. The smallest absolute Gasteiger partial charge is 0.256 e. The van der Waals surface area contributed by atoms with E-state index < -0.39 is 10.0 Å². The van der Waals surface area contributed by atoms with E-state index in [0.29, 0.717) is 25.2 Å². The zero-order valence-electron chi connectivity index (χ0n) is 13.8. The van der Waals surface area contributed by atoms with Crippen LogP contribution in [0.4, 0.5) is 0 Å². The van der Waals surface area contributed by atoms with Crippen LogP contribution in [0.1, 0.15) is 18.4 Å². The summed E-state index contributed by atoms with van der Waals surface area (Å²) in [5.41, 5.74) is 0.588. The summed E-state index contributed by atoms with van der Waals surface area (Å²) in [5.74, 6) is 0.270. The summed E-state index contributed by atoms with van der Waals surface area (Å²) in [6.45, 7) is 3.23. The van der Waals surface area contributed by atoms with Gasteiger partial charge in [0.25, 0.3) is 5.56 Å². The molecule has 0 aliphatic carbocycles. The van der Waals surface area contributed by atoms with E-state index in [9.17, 15) is 13.2 Å². The maximum atomic E-state index is 12.6. The largest absolute Gasteiger partial charge is 0.299 e. The molecule has 2 aromatic rings. The van der Waals surface area contributed by atoms with Crippen molar-refractivity contribution >= 4 is 10.0 Å². The van der Waals surface area contributed by atoms with Crippen LogP contribution in [0.3, 0.4) is 0 Å². The molecular formula is C15H21N5O3S. The van der Waals surface area contributed by atoms with Gasteiger partial charge in [-0.3, -0.25) is 14.0 Å². The van der Waals surface area contributed by atoms with Gasteiger partial charge in [0.1, 0.15) is 4.90 Å². The lowest BCUT2D eigenvalue weighted by atomic mass is 9.98. The molecule has 0 unspecified atom stereocenters. The molecule has 8 nitrogen and oxygen atoms in total. The highest BCUT2D eigenvalue weighted by molar-refractivity contribution is 7.89. The first-order valence-corrected chi connectivity index (χ1v) is 9.32. The van der Waals surface area contributed by atoms with Gasteiger partial charge in [-0.25, -0.2) is 13.4 Å². The second-order valence-electron chi connectivity index (χ2n) is 6.23. The maximum Gasteiger partial charge on any atom is 0.256 e. The monoisotopic (exact) mass is 351 g/mol. The Balaban J connectivity index is 1.66. The van der Waals surface area contributed by atoms with E-state index in [2.05, 4.69) is 10.1 Å². The average Bonchev–Trinajstić information content (AvgIpc) is 3.00. The Bertz CT molecular complexity index is 879. The summed E-state index contributed by atoms with van der Waals surface area (Å²) in [6, 6.07) is 0. The number of hydrogen-bond donors (Lipinski definition) is 0. The lowest BCUT2D eigenvalue weighted by molar-refractivity contribution is 0.250. The SMILES string of the molecule is Cc1cncn(CC2CCN(S(=O)(=O)c3cnn(C)c3)CC2)c1=O. The minimum absolute atomic E-state index is 0.0320. The summed E-state index contributed by atoms with van der Waals surface area (Å²) >= 11 is 0. The molecule has 0 amide bonds. The predicted octanol–water partition coefficient (Wildman–Crippen LogP) is 0.386. The molecule has 1 aliphatic rings. The molecule has 3 heterocycles. The molecule has 0 atom stereocenters. The Morgan fingerprint density at radius 2 is 1.96 bits per heavy atom. The van der Waals surface area contributed by atoms with Crippen LogP contribution in [-0.2, 0) is 23.6 Å². The number of hydrogen-bond acceptors (Lipinski definition) is 5. The fraction of sp³-hybridized carbons (Fsp3) is 0.533. The second-order valence-corrected chi connectivity index (χ2v) is 8.17. The molecule has 0 radical (unpaired) electrons. The Labute approximate surface area is 140 Å². The first kappa shape index (κ1) is 16.8. The standard InChI is InChI=1S/C15H21N5O3S/c1-12-7-16-11-19(15(12)21)9-13-3-5-20(6-4-13)24(22,23)14-8-17-18(2)10-14/h7-8,10-11,13H,3-6,9H2,1-2H3. The van der Waals surface area contributed by atoms with Crippen LogP contribution >= 0.6 is 0 Å². The third kappa shape index (κ3) is 3.27. The van der Waals surface area contributed by atoms with E-state index >= 15 is 0 Å². The molecule has 1 aliphatic heterocycles. The molecule has 130 valence electrons. The number of nitrogens with zero attached hydrogens (tertiary/aromatic N) is 5. The van der Waals surface area contributed by atoms with Gasteiger partial charge in [0, 0.05) is 44.6 Å². The minimum atomic E-state index is -3.48. The Kier molecular flexibility index (Phi) is 4.55. The number of piperidine rings is 1. The van der Waals surface area contributed by atoms with Crippen molar-refractivity contribution < 1.29 is 8.42 Å². The fourth-order valence-electron chi connectivity index (χ4n) is 2.98. The quantitative estimate of drug-likeness (QED) is 0.795. The van der Waals surface area contributed by atoms with Gasteiger partial charge in [-0.05, 0) is 25.7 Å². The topological polar surface area (TPSA) is 90.1 Å². The predicted molar refractivity (Wildman–Crippen MR) is 87.9 cm³/mol. The van der Waals surface area contributed by atoms with Crippen LogP contribution < -0.4 is 5.56 Å². The van der Waals surface area contributed by atoms with E-state index in [1.54, 1.807) is 31.1 Å². The van der Waals surface area contributed by atoms with Gasteiger partial charge in [-0.15, -0.1) is 0 Å². The van der Waals surface area contributed by atoms with Crippen molar-refractivity contribution in [1.29, 1.82) is 0 Å². The summed E-state index contributed by atoms with van der Waals surface area (Å²) in [6.07, 6.45) is 7.44. The molecule has 0 N–H and O–H groups in total. The molecule has 24 heavy (non-hydrogen) atoms. The second kappa shape index (κ2) is 6.48. The molecule has 0 aromatic carbocycles. The molecule has 9 heteroatoms. The van der Waals surface area contributed by atoms with Gasteiger partial charge in [-0.1, -0.05) is 0 Å². The van der Waals surface area contributed by atoms with E-state index in [1.165, 1.54) is 21.4 Å². The minimum Gasteiger partial charge on any atom is -0.299 e. The van der Waals surface area contributed by atoms with Gasteiger partial charge in [0.05, 0.1) is 12.5 Å². The molecule has 0 bridgehead atoms. The highest BCUT2D eigenvalue weighted by Crippen LogP contribution is 2.24. The molecule has 0 saturated carbocycles. The van der Waals surface area contributed by atoms with Crippen molar-refractivity contribution in [1.82, 2.24) is 23.6 Å². The van der Waals surface area contributed by atoms with E-state index in [1.807, 2.05) is 0 Å². The lowest BCUT2D eigenvalue weighted by Gasteiger charge is -2.31. The van der Waals surface area contributed by atoms with Crippen LogP contribution in [0, 0.1) is 12.8 Å². The summed E-state index contributed by atoms with van der Waals surface area (Å²) in [7, 11) is -1.79. The molecule has 0 spiro atoms. The molecule has 1 saturated heterocycles. The van der Waals surface area contributed by atoms with Gasteiger partial charge in [0.15, 0.2) is 0 Å². The van der Waals surface area contributed by atoms with Crippen molar-refractivity contribution in [2.45, 2.75) is 31.2 Å². The number of sulfonamides is 1. The number of aromatic nitrogens is 4. The van der Waals surface area contributed by atoms with Gasteiger partial charge < -0.3 is 0 Å². The van der Waals surface area contributed by atoms with E-state index in [4.69, 9.17) is 0 Å². The zero-order valence-corrected chi connectivity index (χ0v) is 14.6. The van der Waals surface area contributed by atoms with Gasteiger partial charge >= 0.3 is 0 Å². The van der Waals surface area contributed by atoms with Crippen LogP contribution in [0.25, 0.3) is 0 Å². The van der Waals surface area contributed by atoms with Crippen molar-refractivity contribution in [2.75, 3.05) is 13.1 Å². The van der Waals surface area contributed by atoms with Crippen molar-refractivity contribution in [3.63, 3.8) is 0 Å². The van der Waals surface area contributed by atoms with E-state index in [-0.39, 0.29) is 16.4 Å². The maximum absolute atomic E-state index is 12.6. The fourth-order valence-corrected chi connectivity index (χ4v) is 4.44.